The molecule has 1 aliphatic heterocycles. The van der Waals surface area contributed by atoms with E-state index in [1.54, 1.807) is 0 Å². The molecule has 1 aliphatic rings. The Morgan fingerprint density at radius 1 is 1.45 bits per heavy atom. The minimum Gasteiger partial charge on any atom is -0.435 e. The minimum atomic E-state index is -2.88. The van der Waals surface area contributed by atoms with Crippen molar-refractivity contribution >= 4 is 5.91 Å². The van der Waals surface area contributed by atoms with Gasteiger partial charge in [0.15, 0.2) is 0 Å². The van der Waals surface area contributed by atoms with Crippen LogP contribution < -0.4 is 15.4 Å². The summed E-state index contributed by atoms with van der Waals surface area (Å²) in [4.78, 5) is 12.1. The summed E-state index contributed by atoms with van der Waals surface area (Å²) < 4.78 is 28.3. The van der Waals surface area contributed by atoms with Gasteiger partial charge in [0.25, 0.3) is 0 Å². The first-order valence-corrected chi connectivity index (χ1v) is 7.17. The first kappa shape index (κ1) is 16.6. The first-order valence-electron chi connectivity index (χ1n) is 7.17. The van der Waals surface area contributed by atoms with Crippen LogP contribution in [0.15, 0.2) is 24.3 Å². The van der Waals surface area contributed by atoms with E-state index in [9.17, 15) is 18.7 Å². The third-order valence-electron chi connectivity index (χ3n) is 3.82. The molecule has 1 saturated heterocycles. The van der Waals surface area contributed by atoms with Crippen molar-refractivity contribution in [3.05, 3.63) is 29.8 Å². The number of nitrogens with one attached hydrogen (secondary N) is 2. The SMILES string of the molecule is CC1(C(=O)NCC(O)c2ccc(OC(F)F)cc2)CCCN1. The number of alkyl halides is 2. The molecule has 1 heterocycles. The number of aliphatic hydroxyl groups excluding tert-OH is 1. The lowest BCUT2D eigenvalue weighted by molar-refractivity contribution is -0.127. The van der Waals surface area contributed by atoms with E-state index in [1.165, 1.54) is 24.3 Å². The second-order valence-corrected chi connectivity index (χ2v) is 5.54. The molecule has 0 bridgehead atoms. The number of hydrogen-bond acceptors (Lipinski definition) is 4. The smallest absolute Gasteiger partial charge is 0.387 e. The van der Waals surface area contributed by atoms with E-state index >= 15 is 0 Å². The van der Waals surface area contributed by atoms with Gasteiger partial charge >= 0.3 is 6.61 Å². The maximum atomic E-state index is 12.1. The Labute approximate surface area is 127 Å². The lowest BCUT2D eigenvalue weighted by Crippen LogP contribution is -2.51. The van der Waals surface area contributed by atoms with Gasteiger partial charge in [-0.25, -0.2) is 0 Å². The molecule has 2 unspecified atom stereocenters. The number of carbonyl (C=O) groups excluding carboxylic acids is 1. The number of benzene rings is 1. The first-order chi connectivity index (χ1) is 10.4. The van der Waals surface area contributed by atoms with Gasteiger partial charge in [0.05, 0.1) is 11.6 Å². The third-order valence-corrected chi connectivity index (χ3v) is 3.82. The summed E-state index contributed by atoms with van der Waals surface area (Å²) in [5.41, 5.74) is -0.0687. The predicted molar refractivity (Wildman–Crippen MR) is 76.7 cm³/mol. The maximum absolute atomic E-state index is 12.1. The number of amides is 1. The fourth-order valence-corrected chi connectivity index (χ4v) is 2.46. The van der Waals surface area contributed by atoms with E-state index in [1.807, 2.05) is 6.92 Å². The highest BCUT2D eigenvalue weighted by atomic mass is 19.3. The van der Waals surface area contributed by atoms with Crippen molar-refractivity contribution in [1.82, 2.24) is 10.6 Å². The van der Waals surface area contributed by atoms with Crippen molar-refractivity contribution in [2.45, 2.75) is 38.0 Å². The minimum absolute atomic E-state index is 0.0256. The lowest BCUT2D eigenvalue weighted by atomic mass is 9.99. The van der Waals surface area contributed by atoms with E-state index in [0.717, 1.165) is 19.4 Å². The summed E-state index contributed by atoms with van der Waals surface area (Å²) in [6.45, 7) is -0.184. The molecule has 1 amide bonds. The molecule has 5 nitrogen and oxygen atoms in total. The molecular formula is C15H20F2N2O3. The topological polar surface area (TPSA) is 70.6 Å². The molecular weight excluding hydrogens is 294 g/mol. The molecule has 1 aromatic carbocycles. The van der Waals surface area contributed by atoms with Gasteiger partial charge in [0.2, 0.25) is 5.91 Å². The average Bonchev–Trinajstić information content (AvgIpc) is 2.92. The van der Waals surface area contributed by atoms with Gasteiger partial charge in [-0.3, -0.25) is 4.79 Å². The highest BCUT2D eigenvalue weighted by molar-refractivity contribution is 5.86. The summed E-state index contributed by atoms with van der Waals surface area (Å²) in [5.74, 6) is -0.126. The molecule has 0 aliphatic carbocycles. The summed E-state index contributed by atoms with van der Waals surface area (Å²) in [6.07, 6.45) is 0.793. The number of hydrogen-bond donors (Lipinski definition) is 3. The van der Waals surface area contributed by atoms with Crippen molar-refractivity contribution in [3.8, 4) is 5.75 Å². The van der Waals surface area contributed by atoms with Gasteiger partial charge in [-0.1, -0.05) is 12.1 Å². The fraction of sp³-hybridized carbons (Fsp3) is 0.533. The Hall–Kier alpha value is -1.73. The second kappa shape index (κ2) is 7.02. The maximum Gasteiger partial charge on any atom is 0.387 e. The predicted octanol–water partition coefficient (Wildman–Crippen LogP) is 1.58. The van der Waals surface area contributed by atoms with Crippen LogP contribution in [0.2, 0.25) is 0 Å². The van der Waals surface area contributed by atoms with Gasteiger partial charge in [-0.15, -0.1) is 0 Å². The van der Waals surface area contributed by atoms with Crippen LogP contribution in [-0.4, -0.2) is 36.3 Å². The molecule has 1 aromatic rings. The van der Waals surface area contributed by atoms with Crippen LogP contribution in [0.1, 0.15) is 31.4 Å². The number of carbonyl (C=O) groups is 1. The quantitative estimate of drug-likeness (QED) is 0.745. The zero-order valence-corrected chi connectivity index (χ0v) is 12.3. The molecule has 122 valence electrons. The Morgan fingerprint density at radius 3 is 2.68 bits per heavy atom. The zero-order valence-electron chi connectivity index (χ0n) is 12.3. The van der Waals surface area contributed by atoms with E-state index < -0.39 is 18.3 Å². The molecule has 0 aromatic heterocycles. The van der Waals surface area contributed by atoms with Gasteiger partial charge in [-0.2, -0.15) is 8.78 Å². The normalized spacial score (nSPS) is 22.6. The van der Waals surface area contributed by atoms with E-state index in [2.05, 4.69) is 15.4 Å². The molecule has 3 N–H and O–H groups in total. The van der Waals surface area contributed by atoms with Gasteiger partial charge in [0.1, 0.15) is 5.75 Å². The summed E-state index contributed by atoms with van der Waals surface area (Å²) >= 11 is 0. The van der Waals surface area contributed by atoms with Crippen molar-refractivity contribution in [2.24, 2.45) is 0 Å². The van der Waals surface area contributed by atoms with E-state index in [-0.39, 0.29) is 18.2 Å². The molecule has 0 radical (unpaired) electrons. The van der Waals surface area contributed by atoms with Gasteiger partial charge in [-0.05, 0) is 44.0 Å². The standard InChI is InChI=1S/C15H20F2N2O3/c1-15(7-2-8-19-15)13(21)18-9-12(20)10-3-5-11(6-4-10)22-14(16)17/h3-6,12,14,19-20H,2,7-9H2,1H3,(H,18,21). The van der Waals surface area contributed by atoms with Crippen LogP contribution in [0, 0.1) is 0 Å². The average molecular weight is 314 g/mol. The van der Waals surface area contributed by atoms with Crippen molar-refractivity contribution in [2.75, 3.05) is 13.1 Å². The van der Waals surface area contributed by atoms with Crippen LogP contribution in [0.5, 0.6) is 5.75 Å². The van der Waals surface area contributed by atoms with E-state index in [0.29, 0.717) is 5.56 Å². The molecule has 2 atom stereocenters. The zero-order chi connectivity index (χ0) is 16.2. The van der Waals surface area contributed by atoms with Crippen LogP contribution in [0.25, 0.3) is 0 Å². The van der Waals surface area contributed by atoms with Crippen LogP contribution >= 0.6 is 0 Å². The molecule has 1 fully saturated rings. The number of aliphatic hydroxyl groups is 1. The van der Waals surface area contributed by atoms with Crippen LogP contribution in [-0.2, 0) is 4.79 Å². The van der Waals surface area contributed by atoms with Crippen molar-refractivity contribution < 1.29 is 23.4 Å². The largest absolute Gasteiger partial charge is 0.435 e. The van der Waals surface area contributed by atoms with Gasteiger partial charge in [0, 0.05) is 6.54 Å². The molecule has 7 heteroatoms. The third kappa shape index (κ3) is 4.14. The number of halogens is 2. The summed E-state index contributed by atoms with van der Waals surface area (Å²) in [7, 11) is 0. The number of ether oxygens (including phenoxy) is 1. The number of rotatable bonds is 6. The molecule has 0 saturated carbocycles. The molecule has 22 heavy (non-hydrogen) atoms. The van der Waals surface area contributed by atoms with Crippen LogP contribution in [0.3, 0.4) is 0 Å². The van der Waals surface area contributed by atoms with Crippen molar-refractivity contribution in [1.29, 1.82) is 0 Å². The Balaban J connectivity index is 1.86. The lowest BCUT2D eigenvalue weighted by Gasteiger charge is -2.24. The fourth-order valence-electron chi connectivity index (χ4n) is 2.46. The van der Waals surface area contributed by atoms with Gasteiger partial charge < -0.3 is 20.5 Å². The molecule has 0 spiro atoms. The second-order valence-electron chi connectivity index (χ2n) is 5.54. The van der Waals surface area contributed by atoms with Crippen molar-refractivity contribution in [3.63, 3.8) is 0 Å². The summed E-state index contributed by atoms with van der Waals surface area (Å²) in [5, 5.41) is 15.9. The summed E-state index contributed by atoms with van der Waals surface area (Å²) in [6, 6.07) is 5.69. The van der Waals surface area contributed by atoms with Crippen LogP contribution in [0.4, 0.5) is 8.78 Å². The monoisotopic (exact) mass is 314 g/mol. The highest BCUT2D eigenvalue weighted by Crippen LogP contribution is 2.21. The molecule has 2 rings (SSSR count). The Kier molecular flexibility index (Phi) is 5.31. The van der Waals surface area contributed by atoms with E-state index in [4.69, 9.17) is 0 Å². The highest BCUT2D eigenvalue weighted by Gasteiger charge is 2.35. The Bertz CT molecular complexity index is 502. The Morgan fingerprint density at radius 2 is 2.14 bits per heavy atom.